The van der Waals surface area contributed by atoms with Crippen molar-refractivity contribution in [2.24, 2.45) is 0 Å². The average Bonchev–Trinajstić information content (AvgIpc) is 2.44. The van der Waals surface area contributed by atoms with Crippen molar-refractivity contribution in [3.05, 3.63) is 54.1 Å². The molecule has 0 saturated heterocycles. The maximum atomic E-state index is 6.06. The largest absolute Gasteiger partial charge is 0.484 e. The number of benzene rings is 2. The Morgan fingerprint density at radius 2 is 1.90 bits per heavy atom. The Kier molecular flexibility index (Phi) is 3.50. The first-order valence-electron chi connectivity index (χ1n) is 7.41. The molecule has 3 nitrogen and oxygen atoms in total. The topological polar surface area (TPSA) is 38.5 Å². The number of nitrogens with two attached hydrogens (primary N) is 1. The lowest BCUT2D eigenvalue weighted by molar-refractivity contribution is 0.105. The maximum Gasteiger partial charge on any atom is 0.145 e. The monoisotopic (exact) mass is 282 g/mol. The summed E-state index contributed by atoms with van der Waals surface area (Å²) in [5.74, 6) is 0.888. The van der Waals surface area contributed by atoms with Gasteiger partial charge in [0.25, 0.3) is 0 Å². The molecule has 1 aliphatic rings. The molecule has 3 heteroatoms. The van der Waals surface area contributed by atoms with Gasteiger partial charge in [-0.3, -0.25) is 0 Å². The second kappa shape index (κ2) is 5.32. The van der Waals surface area contributed by atoms with Gasteiger partial charge in [0.2, 0.25) is 0 Å². The van der Waals surface area contributed by atoms with Crippen molar-refractivity contribution in [1.82, 2.24) is 0 Å². The second-order valence-electron chi connectivity index (χ2n) is 6.25. The van der Waals surface area contributed by atoms with E-state index >= 15 is 0 Å². The zero-order chi connectivity index (χ0) is 14.9. The van der Waals surface area contributed by atoms with Crippen LogP contribution in [0.1, 0.15) is 19.4 Å². The molecule has 0 aromatic heterocycles. The van der Waals surface area contributed by atoms with E-state index in [1.165, 1.54) is 5.56 Å². The SMILES string of the molecule is CC1(C)CN(CCc2ccccc2)c2ccc(N)cc2O1. The molecule has 0 saturated carbocycles. The molecular formula is C18H22N2O. The van der Waals surface area contributed by atoms with Crippen molar-refractivity contribution in [2.75, 3.05) is 23.7 Å². The molecule has 0 radical (unpaired) electrons. The Morgan fingerprint density at radius 3 is 2.67 bits per heavy atom. The van der Waals surface area contributed by atoms with Crippen LogP contribution in [0.4, 0.5) is 11.4 Å². The summed E-state index contributed by atoms with van der Waals surface area (Å²) in [7, 11) is 0. The molecule has 0 bridgehead atoms. The van der Waals surface area contributed by atoms with E-state index in [0.717, 1.165) is 36.6 Å². The molecule has 0 atom stereocenters. The van der Waals surface area contributed by atoms with E-state index in [2.05, 4.69) is 55.1 Å². The smallest absolute Gasteiger partial charge is 0.145 e. The van der Waals surface area contributed by atoms with Crippen LogP contribution in [-0.2, 0) is 6.42 Å². The first-order valence-corrected chi connectivity index (χ1v) is 7.41. The molecule has 0 spiro atoms. The molecule has 0 unspecified atom stereocenters. The molecule has 0 amide bonds. The van der Waals surface area contributed by atoms with Crippen LogP contribution in [0, 0.1) is 0 Å². The number of nitrogen functional groups attached to an aromatic ring is 1. The van der Waals surface area contributed by atoms with Crippen molar-refractivity contribution in [3.8, 4) is 5.75 Å². The van der Waals surface area contributed by atoms with E-state index in [1.807, 2.05) is 12.1 Å². The van der Waals surface area contributed by atoms with Crippen LogP contribution in [0.25, 0.3) is 0 Å². The fourth-order valence-corrected chi connectivity index (χ4v) is 2.86. The van der Waals surface area contributed by atoms with Gasteiger partial charge in [-0.25, -0.2) is 0 Å². The lowest BCUT2D eigenvalue weighted by Crippen LogP contribution is -2.47. The predicted octanol–water partition coefficient (Wildman–Crippen LogP) is 3.49. The lowest BCUT2D eigenvalue weighted by Gasteiger charge is -2.41. The third-order valence-electron chi connectivity index (χ3n) is 3.80. The molecule has 2 N–H and O–H groups in total. The maximum absolute atomic E-state index is 6.06. The van der Waals surface area contributed by atoms with Crippen molar-refractivity contribution >= 4 is 11.4 Å². The van der Waals surface area contributed by atoms with Crippen molar-refractivity contribution < 1.29 is 4.74 Å². The minimum absolute atomic E-state index is 0.197. The summed E-state index contributed by atoms with van der Waals surface area (Å²) in [4.78, 5) is 2.39. The minimum Gasteiger partial charge on any atom is -0.484 e. The first kappa shape index (κ1) is 13.8. The Hall–Kier alpha value is -2.16. The molecule has 110 valence electrons. The Bertz CT molecular complexity index is 622. The number of hydrogen-bond donors (Lipinski definition) is 1. The van der Waals surface area contributed by atoms with Crippen LogP contribution in [0.5, 0.6) is 5.75 Å². The normalized spacial score (nSPS) is 16.2. The van der Waals surface area contributed by atoms with Gasteiger partial charge in [-0.1, -0.05) is 30.3 Å². The lowest BCUT2D eigenvalue weighted by atomic mass is 10.0. The van der Waals surface area contributed by atoms with Gasteiger partial charge in [0.15, 0.2) is 0 Å². The molecule has 1 heterocycles. The van der Waals surface area contributed by atoms with Crippen LogP contribution in [-0.4, -0.2) is 18.7 Å². The molecular weight excluding hydrogens is 260 g/mol. The number of anilines is 2. The van der Waals surface area contributed by atoms with Gasteiger partial charge >= 0.3 is 0 Å². The van der Waals surface area contributed by atoms with E-state index in [-0.39, 0.29) is 5.60 Å². The second-order valence-corrected chi connectivity index (χ2v) is 6.25. The van der Waals surface area contributed by atoms with Crippen LogP contribution in [0.3, 0.4) is 0 Å². The van der Waals surface area contributed by atoms with E-state index in [9.17, 15) is 0 Å². The molecule has 2 aromatic carbocycles. The number of nitrogens with zero attached hydrogens (tertiary/aromatic N) is 1. The first-order chi connectivity index (χ1) is 10.0. The highest BCUT2D eigenvalue weighted by atomic mass is 16.5. The predicted molar refractivity (Wildman–Crippen MR) is 87.9 cm³/mol. The summed E-state index contributed by atoms with van der Waals surface area (Å²) in [6.45, 7) is 6.10. The standard InChI is InChI=1S/C18H22N2O/c1-18(2)13-20(11-10-14-6-4-3-5-7-14)16-9-8-15(19)12-17(16)21-18/h3-9,12H,10-11,13,19H2,1-2H3. The van der Waals surface area contributed by atoms with Gasteiger partial charge in [-0.05, 0) is 38.0 Å². The summed E-state index contributed by atoms with van der Waals surface area (Å²) in [6.07, 6.45) is 1.03. The highest BCUT2D eigenvalue weighted by Gasteiger charge is 2.31. The summed E-state index contributed by atoms with van der Waals surface area (Å²) in [5.41, 5.74) is 8.93. The quantitative estimate of drug-likeness (QED) is 0.876. The zero-order valence-electron chi connectivity index (χ0n) is 12.7. The fraction of sp³-hybridized carbons (Fsp3) is 0.333. The third kappa shape index (κ3) is 3.13. The van der Waals surface area contributed by atoms with E-state index < -0.39 is 0 Å². The van der Waals surface area contributed by atoms with Crippen LogP contribution >= 0.6 is 0 Å². The van der Waals surface area contributed by atoms with E-state index in [1.54, 1.807) is 0 Å². The molecule has 2 aromatic rings. The number of fused-ring (bicyclic) bond motifs is 1. The van der Waals surface area contributed by atoms with Crippen LogP contribution in [0.2, 0.25) is 0 Å². The van der Waals surface area contributed by atoms with Gasteiger partial charge < -0.3 is 15.4 Å². The van der Waals surface area contributed by atoms with Crippen LogP contribution in [0.15, 0.2) is 48.5 Å². The highest BCUT2D eigenvalue weighted by Crippen LogP contribution is 2.38. The van der Waals surface area contributed by atoms with Crippen molar-refractivity contribution in [1.29, 1.82) is 0 Å². The van der Waals surface area contributed by atoms with E-state index in [4.69, 9.17) is 10.5 Å². The number of rotatable bonds is 3. The zero-order valence-corrected chi connectivity index (χ0v) is 12.7. The highest BCUT2D eigenvalue weighted by molar-refractivity contribution is 5.65. The summed E-state index contributed by atoms with van der Waals surface area (Å²) in [5, 5.41) is 0. The van der Waals surface area contributed by atoms with Gasteiger partial charge in [-0.15, -0.1) is 0 Å². The van der Waals surface area contributed by atoms with Crippen LogP contribution < -0.4 is 15.4 Å². The molecule has 3 rings (SSSR count). The average molecular weight is 282 g/mol. The van der Waals surface area contributed by atoms with Gasteiger partial charge in [0.05, 0.1) is 12.2 Å². The van der Waals surface area contributed by atoms with Gasteiger partial charge in [0.1, 0.15) is 11.4 Å². The fourth-order valence-electron chi connectivity index (χ4n) is 2.86. The Labute approximate surface area is 126 Å². The minimum atomic E-state index is -0.197. The van der Waals surface area contributed by atoms with Gasteiger partial charge in [-0.2, -0.15) is 0 Å². The number of ether oxygens (including phenoxy) is 1. The Morgan fingerprint density at radius 1 is 1.14 bits per heavy atom. The van der Waals surface area contributed by atoms with E-state index in [0.29, 0.717) is 0 Å². The van der Waals surface area contributed by atoms with Gasteiger partial charge in [0, 0.05) is 18.3 Å². The van der Waals surface area contributed by atoms with Crippen molar-refractivity contribution in [2.45, 2.75) is 25.9 Å². The molecule has 0 fully saturated rings. The Balaban J connectivity index is 1.82. The number of hydrogen-bond acceptors (Lipinski definition) is 3. The molecule has 0 aliphatic carbocycles. The van der Waals surface area contributed by atoms with Crippen molar-refractivity contribution in [3.63, 3.8) is 0 Å². The molecule has 21 heavy (non-hydrogen) atoms. The third-order valence-corrected chi connectivity index (χ3v) is 3.80. The summed E-state index contributed by atoms with van der Waals surface area (Å²) < 4.78 is 6.06. The molecule has 1 aliphatic heterocycles. The summed E-state index contributed by atoms with van der Waals surface area (Å²) in [6, 6.07) is 16.5. The summed E-state index contributed by atoms with van der Waals surface area (Å²) >= 11 is 0.